The molecule has 0 atom stereocenters. The van der Waals surface area contributed by atoms with Crippen molar-refractivity contribution in [3.63, 3.8) is 0 Å². The summed E-state index contributed by atoms with van der Waals surface area (Å²) in [5, 5.41) is 5.76. The Morgan fingerprint density at radius 3 is 2.54 bits per heavy atom. The summed E-state index contributed by atoms with van der Waals surface area (Å²) in [6.07, 6.45) is 1.57. The lowest BCUT2D eigenvalue weighted by atomic mass is 10.1. The fourth-order valence-corrected chi connectivity index (χ4v) is 1.96. The van der Waals surface area contributed by atoms with E-state index in [9.17, 15) is 14.4 Å². The molecule has 0 amide bonds. The Labute approximate surface area is 138 Å². The van der Waals surface area contributed by atoms with Crippen LogP contribution in [0.25, 0.3) is 0 Å². The first kappa shape index (κ1) is 17.2. The number of carbonyl (C=O) groups excluding carboxylic acids is 1. The summed E-state index contributed by atoms with van der Waals surface area (Å²) < 4.78 is 5.61. The summed E-state index contributed by atoms with van der Waals surface area (Å²) in [4.78, 5) is 37.4. The third kappa shape index (κ3) is 3.78. The molecule has 0 fully saturated rings. The van der Waals surface area contributed by atoms with Gasteiger partial charge in [-0.25, -0.2) is 14.6 Å². The number of anilines is 1. The number of hydrogen-bond acceptors (Lipinski definition) is 6. The van der Waals surface area contributed by atoms with E-state index < -0.39 is 17.2 Å². The molecule has 1 aromatic heterocycles. The van der Waals surface area contributed by atoms with E-state index in [-0.39, 0.29) is 0 Å². The molecule has 0 aliphatic carbocycles. The fourth-order valence-electron chi connectivity index (χ4n) is 1.96. The van der Waals surface area contributed by atoms with Crippen molar-refractivity contribution in [2.24, 2.45) is 12.1 Å². The molecule has 0 spiro atoms. The molecule has 1 N–H and O–H groups in total. The highest BCUT2D eigenvalue weighted by molar-refractivity contribution is 5.90. The second-order valence-corrected chi connectivity index (χ2v) is 4.93. The Balaban J connectivity index is 2.24. The van der Waals surface area contributed by atoms with Crippen LogP contribution in [-0.4, -0.2) is 35.4 Å². The topological polar surface area (TPSA) is 96.8 Å². The molecule has 0 bridgehead atoms. The van der Waals surface area contributed by atoms with Gasteiger partial charge < -0.3 is 4.74 Å². The number of hydrazone groups is 1. The molecular formula is C16H18N4O4. The molecule has 1 aromatic carbocycles. The van der Waals surface area contributed by atoms with E-state index in [0.29, 0.717) is 17.9 Å². The van der Waals surface area contributed by atoms with Gasteiger partial charge in [-0.1, -0.05) is 12.1 Å². The first-order valence-electron chi connectivity index (χ1n) is 7.26. The van der Waals surface area contributed by atoms with Crippen molar-refractivity contribution < 1.29 is 9.53 Å². The fraction of sp³-hybridized carbons (Fsp3) is 0.250. The third-order valence-corrected chi connectivity index (χ3v) is 3.39. The summed E-state index contributed by atoms with van der Waals surface area (Å²) in [6, 6.07) is 8.00. The lowest BCUT2D eigenvalue weighted by molar-refractivity contribution is 0.0600. The van der Waals surface area contributed by atoms with Gasteiger partial charge in [0.25, 0.3) is 5.56 Å². The minimum atomic E-state index is -0.506. The molecule has 0 aliphatic rings. The molecule has 126 valence electrons. The second-order valence-electron chi connectivity index (χ2n) is 4.93. The van der Waals surface area contributed by atoms with Gasteiger partial charge in [0.05, 0.1) is 18.9 Å². The Hall–Kier alpha value is -3.16. The number of esters is 1. The number of nitrogens with zero attached hydrogens (tertiary/aromatic N) is 3. The van der Waals surface area contributed by atoms with Gasteiger partial charge >= 0.3 is 11.7 Å². The van der Waals surface area contributed by atoms with Crippen LogP contribution in [-0.2, 0) is 11.8 Å². The number of ether oxygens (including phenoxy) is 1. The van der Waals surface area contributed by atoms with Crippen molar-refractivity contribution in [1.29, 1.82) is 0 Å². The largest absolute Gasteiger partial charge is 0.465 e. The van der Waals surface area contributed by atoms with Gasteiger partial charge in [-0.15, -0.1) is 0 Å². The normalized spacial score (nSPS) is 10.8. The summed E-state index contributed by atoms with van der Waals surface area (Å²) in [7, 11) is 2.72. The van der Waals surface area contributed by atoms with Gasteiger partial charge in [-0.05, 0) is 24.6 Å². The molecule has 2 aromatic rings. The lowest BCUT2D eigenvalue weighted by Gasteiger charge is -2.16. The number of aromatic nitrogens is 2. The van der Waals surface area contributed by atoms with Crippen LogP contribution in [0.3, 0.4) is 0 Å². The molecule has 0 radical (unpaired) electrons. The minimum absolute atomic E-state index is 0.313. The lowest BCUT2D eigenvalue weighted by Crippen LogP contribution is -2.34. The Bertz CT molecular complexity index is 834. The molecule has 0 saturated heterocycles. The first-order valence-corrected chi connectivity index (χ1v) is 7.26. The highest BCUT2D eigenvalue weighted by Gasteiger charge is 2.07. The molecule has 0 saturated carbocycles. The van der Waals surface area contributed by atoms with E-state index in [4.69, 9.17) is 0 Å². The van der Waals surface area contributed by atoms with E-state index in [1.807, 2.05) is 6.92 Å². The van der Waals surface area contributed by atoms with Crippen LogP contribution in [0.2, 0.25) is 0 Å². The average molecular weight is 330 g/mol. The van der Waals surface area contributed by atoms with Gasteiger partial charge in [-0.3, -0.25) is 14.3 Å². The maximum atomic E-state index is 11.7. The van der Waals surface area contributed by atoms with E-state index in [2.05, 4.69) is 14.8 Å². The zero-order valence-electron chi connectivity index (χ0n) is 13.6. The van der Waals surface area contributed by atoms with Crippen molar-refractivity contribution in [1.82, 2.24) is 9.55 Å². The number of methoxy groups -OCH3 is 1. The van der Waals surface area contributed by atoms with Crippen LogP contribution in [0, 0.1) is 0 Å². The number of aromatic amines is 1. The zero-order valence-corrected chi connectivity index (χ0v) is 13.6. The van der Waals surface area contributed by atoms with Crippen molar-refractivity contribution in [2.45, 2.75) is 6.92 Å². The van der Waals surface area contributed by atoms with Gasteiger partial charge in [-0.2, -0.15) is 5.10 Å². The summed E-state index contributed by atoms with van der Waals surface area (Å²) in [5.41, 5.74) is 0.281. The predicted molar refractivity (Wildman–Crippen MR) is 90.7 cm³/mol. The number of hydrogen-bond donors (Lipinski definition) is 1. The zero-order chi connectivity index (χ0) is 17.7. The SMILES string of the molecule is CCN(/N=C\c1ccc(C(=O)OC)cc1)c1cc(=O)n(C)c(=O)[nH]1. The molecule has 0 aliphatic heterocycles. The van der Waals surface area contributed by atoms with Gasteiger partial charge in [0.1, 0.15) is 5.82 Å². The number of rotatable bonds is 5. The summed E-state index contributed by atoms with van der Waals surface area (Å²) in [6.45, 7) is 2.30. The standard InChI is InChI=1S/C16H18N4O4/c1-4-20(13-9-14(21)19(2)16(23)18-13)17-10-11-5-7-12(8-6-11)15(22)24-3/h5-10H,4H2,1-3H3,(H,18,23)/b17-10-. The first-order chi connectivity index (χ1) is 11.5. The van der Waals surface area contributed by atoms with Crippen LogP contribution >= 0.6 is 0 Å². The van der Waals surface area contributed by atoms with Gasteiger partial charge in [0.15, 0.2) is 0 Å². The predicted octanol–water partition coefficient (Wildman–Crippen LogP) is 0.721. The maximum absolute atomic E-state index is 11.7. The number of H-pyrrole nitrogens is 1. The molecular weight excluding hydrogens is 312 g/mol. The summed E-state index contributed by atoms with van der Waals surface area (Å²) in [5.74, 6) is -0.0978. The molecule has 24 heavy (non-hydrogen) atoms. The Kier molecular flexibility index (Phi) is 5.31. The maximum Gasteiger partial charge on any atom is 0.337 e. The quantitative estimate of drug-likeness (QED) is 0.495. The monoisotopic (exact) mass is 330 g/mol. The van der Waals surface area contributed by atoms with E-state index in [1.54, 1.807) is 30.5 Å². The van der Waals surface area contributed by atoms with E-state index in [1.165, 1.54) is 25.2 Å². The van der Waals surface area contributed by atoms with Crippen LogP contribution in [0.1, 0.15) is 22.8 Å². The minimum Gasteiger partial charge on any atom is -0.465 e. The summed E-state index contributed by atoms with van der Waals surface area (Å²) >= 11 is 0. The van der Waals surface area contributed by atoms with Gasteiger partial charge in [0.2, 0.25) is 0 Å². The highest BCUT2D eigenvalue weighted by atomic mass is 16.5. The van der Waals surface area contributed by atoms with Crippen LogP contribution in [0.4, 0.5) is 5.82 Å². The van der Waals surface area contributed by atoms with Crippen molar-refractivity contribution in [3.05, 3.63) is 62.3 Å². The number of benzene rings is 1. The molecule has 2 rings (SSSR count). The van der Waals surface area contributed by atoms with E-state index in [0.717, 1.165) is 10.1 Å². The number of carbonyl (C=O) groups is 1. The number of nitrogens with one attached hydrogen (secondary N) is 1. The van der Waals surface area contributed by atoms with Crippen LogP contribution in [0.5, 0.6) is 0 Å². The Morgan fingerprint density at radius 2 is 2.00 bits per heavy atom. The highest BCUT2D eigenvalue weighted by Crippen LogP contribution is 2.07. The molecule has 8 heteroatoms. The van der Waals surface area contributed by atoms with Gasteiger partial charge in [0, 0.05) is 19.7 Å². The van der Waals surface area contributed by atoms with Crippen molar-refractivity contribution >= 4 is 18.0 Å². The van der Waals surface area contributed by atoms with Crippen LogP contribution in [0.15, 0.2) is 45.0 Å². The third-order valence-electron chi connectivity index (χ3n) is 3.39. The molecule has 8 nitrogen and oxygen atoms in total. The molecule has 0 unspecified atom stereocenters. The second kappa shape index (κ2) is 7.40. The van der Waals surface area contributed by atoms with Crippen molar-refractivity contribution in [3.8, 4) is 0 Å². The average Bonchev–Trinajstić information content (AvgIpc) is 2.60. The smallest absolute Gasteiger partial charge is 0.337 e. The van der Waals surface area contributed by atoms with E-state index >= 15 is 0 Å². The molecule has 1 heterocycles. The van der Waals surface area contributed by atoms with Crippen molar-refractivity contribution in [2.75, 3.05) is 18.7 Å². The van der Waals surface area contributed by atoms with Crippen LogP contribution < -0.4 is 16.3 Å². The Morgan fingerprint density at radius 1 is 1.33 bits per heavy atom.